The van der Waals surface area contributed by atoms with E-state index in [0.29, 0.717) is 5.82 Å². The van der Waals surface area contributed by atoms with E-state index >= 15 is 0 Å². The van der Waals surface area contributed by atoms with Crippen LogP contribution in [0, 0.1) is 0 Å². The van der Waals surface area contributed by atoms with Gasteiger partial charge < -0.3 is 4.42 Å². The molecule has 1 aliphatic rings. The summed E-state index contributed by atoms with van der Waals surface area (Å²) in [4.78, 5) is 10.6. The van der Waals surface area contributed by atoms with E-state index in [-0.39, 0.29) is 5.41 Å². The Labute approximate surface area is 360 Å². The summed E-state index contributed by atoms with van der Waals surface area (Å²) >= 11 is 0. The van der Waals surface area contributed by atoms with Gasteiger partial charge in [-0.1, -0.05) is 172 Å². The summed E-state index contributed by atoms with van der Waals surface area (Å²) < 4.78 is 6.45. The third-order valence-electron chi connectivity index (χ3n) is 12.9. The van der Waals surface area contributed by atoms with Crippen LogP contribution in [0.25, 0.3) is 111 Å². The molecule has 0 saturated carbocycles. The zero-order valence-corrected chi connectivity index (χ0v) is 34.4. The first-order chi connectivity index (χ1) is 30.5. The molecule has 0 aliphatic heterocycles. The molecule has 0 amide bonds. The molecule has 0 N–H and O–H groups in total. The van der Waals surface area contributed by atoms with Gasteiger partial charge in [0.1, 0.15) is 11.2 Å². The first-order valence-corrected chi connectivity index (χ1v) is 21.3. The van der Waals surface area contributed by atoms with Crippen LogP contribution in [0.15, 0.2) is 211 Å². The minimum Gasteiger partial charge on any atom is -0.456 e. The van der Waals surface area contributed by atoms with E-state index in [1.807, 2.05) is 24.3 Å². The molecule has 2 aromatic heterocycles. The second-order valence-electron chi connectivity index (χ2n) is 16.9. The number of hydrogen-bond donors (Lipinski definition) is 0. The third kappa shape index (κ3) is 5.89. The lowest BCUT2D eigenvalue weighted by molar-refractivity contribution is 0.661. The standard InChI is InChI=1S/C59H40N2O/c1-59(2)50-24-13-22-46(56(50)49-34-41-19-9-10-20-42(41)35-51(49)59)43-31-44(47-23-14-26-55-57(47)48-21-11-12-25-54(48)62-55)33-45(32-43)53-36-52(60-58(61-53)40-17-7-4-8-18-40)39-29-27-38(28-30-39)37-15-5-3-6-16-37/h3-36H,1-2H3. The minimum atomic E-state index is -0.172. The van der Waals surface area contributed by atoms with Crippen molar-refractivity contribution in [1.82, 2.24) is 9.97 Å². The van der Waals surface area contributed by atoms with Crippen LogP contribution in [0.3, 0.4) is 0 Å². The first-order valence-electron chi connectivity index (χ1n) is 21.3. The molecule has 0 bridgehead atoms. The van der Waals surface area contributed by atoms with E-state index in [1.54, 1.807) is 0 Å². The maximum atomic E-state index is 6.45. The third-order valence-corrected chi connectivity index (χ3v) is 12.9. The maximum absolute atomic E-state index is 6.45. The minimum absolute atomic E-state index is 0.172. The highest BCUT2D eigenvalue weighted by Gasteiger charge is 2.37. The summed E-state index contributed by atoms with van der Waals surface area (Å²) in [6.07, 6.45) is 0. The van der Waals surface area contributed by atoms with Crippen LogP contribution < -0.4 is 0 Å². The summed E-state index contributed by atoms with van der Waals surface area (Å²) in [5.41, 5.74) is 18.5. The van der Waals surface area contributed by atoms with E-state index < -0.39 is 0 Å². The summed E-state index contributed by atoms with van der Waals surface area (Å²) in [6.45, 7) is 4.73. The molecule has 3 nitrogen and oxygen atoms in total. The Morgan fingerprint density at radius 3 is 1.71 bits per heavy atom. The van der Waals surface area contributed by atoms with Crippen LogP contribution in [0.5, 0.6) is 0 Å². The average Bonchev–Trinajstić information content (AvgIpc) is 3.82. The number of furan rings is 1. The van der Waals surface area contributed by atoms with Gasteiger partial charge in [0, 0.05) is 32.9 Å². The van der Waals surface area contributed by atoms with Crippen LogP contribution in [-0.2, 0) is 5.41 Å². The Balaban J connectivity index is 1.11. The predicted molar refractivity (Wildman–Crippen MR) is 257 cm³/mol. The average molecular weight is 793 g/mol. The molecule has 0 unspecified atom stereocenters. The quantitative estimate of drug-likeness (QED) is 0.168. The van der Waals surface area contributed by atoms with E-state index in [0.717, 1.165) is 66.7 Å². The summed E-state index contributed by atoms with van der Waals surface area (Å²) in [5.74, 6) is 0.684. The molecule has 0 saturated heterocycles. The number of para-hydroxylation sites is 1. The fraction of sp³-hybridized carbons (Fsp3) is 0.0508. The maximum Gasteiger partial charge on any atom is 0.160 e. The zero-order chi connectivity index (χ0) is 41.4. The largest absolute Gasteiger partial charge is 0.456 e. The fourth-order valence-corrected chi connectivity index (χ4v) is 9.74. The topological polar surface area (TPSA) is 38.9 Å². The summed E-state index contributed by atoms with van der Waals surface area (Å²) in [7, 11) is 0. The molecular weight excluding hydrogens is 753 g/mol. The van der Waals surface area contributed by atoms with Gasteiger partial charge in [0.05, 0.1) is 11.4 Å². The first kappa shape index (κ1) is 36.0. The smallest absolute Gasteiger partial charge is 0.160 e. The van der Waals surface area contributed by atoms with Gasteiger partial charge in [0.2, 0.25) is 0 Å². The molecule has 12 rings (SSSR count). The van der Waals surface area contributed by atoms with Gasteiger partial charge in [0.25, 0.3) is 0 Å². The van der Waals surface area contributed by atoms with Crippen LogP contribution in [0.2, 0.25) is 0 Å². The molecule has 1 aliphatic carbocycles. The Hall–Kier alpha value is -7.88. The number of nitrogens with zero attached hydrogens (tertiary/aromatic N) is 2. The number of hydrogen-bond acceptors (Lipinski definition) is 3. The number of rotatable bonds is 6. The molecular formula is C59H40N2O. The second kappa shape index (κ2) is 14.1. The Morgan fingerprint density at radius 1 is 0.371 bits per heavy atom. The summed E-state index contributed by atoms with van der Waals surface area (Å²) in [6, 6.07) is 73.8. The highest BCUT2D eigenvalue weighted by atomic mass is 16.3. The molecule has 3 heteroatoms. The molecule has 0 atom stereocenters. The van der Waals surface area contributed by atoms with Gasteiger partial charge >= 0.3 is 0 Å². The number of benzene rings is 9. The Bertz CT molecular complexity index is 3530. The van der Waals surface area contributed by atoms with Crippen molar-refractivity contribution in [1.29, 1.82) is 0 Å². The molecule has 292 valence electrons. The molecule has 0 spiro atoms. The van der Waals surface area contributed by atoms with Gasteiger partial charge in [-0.2, -0.15) is 0 Å². The van der Waals surface area contributed by atoms with Crippen LogP contribution in [-0.4, -0.2) is 9.97 Å². The Morgan fingerprint density at radius 2 is 0.935 bits per heavy atom. The van der Waals surface area contributed by atoms with Crippen LogP contribution in [0.4, 0.5) is 0 Å². The van der Waals surface area contributed by atoms with Crippen molar-refractivity contribution in [2.75, 3.05) is 0 Å². The van der Waals surface area contributed by atoms with Crippen molar-refractivity contribution in [2.45, 2.75) is 19.3 Å². The normalized spacial score (nSPS) is 12.8. The molecule has 62 heavy (non-hydrogen) atoms. The van der Waals surface area contributed by atoms with E-state index in [9.17, 15) is 0 Å². The lowest BCUT2D eigenvalue weighted by Gasteiger charge is -2.22. The molecule has 11 aromatic rings. The molecule has 2 heterocycles. The van der Waals surface area contributed by atoms with E-state index in [1.165, 1.54) is 49.7 Å². The Kier molecular flexibility index (Phi) is 8.20. The van der Waals surface area contributed by atoms with E-state index in [2.05, 4.69) is 196 Å². The van der Waals surface area contributed by atoms with Crippen LogP contribution >= 0.6 is 0 Å². The summed E-state index contributed by atoms with van der Waals surface area (Å²) in [5, 5.41) is 4.72. The van der Waals surface area contributed by atoms with Crippen molar-refractivity contribution >= 4 is 32.7 Å². The number of aromatic nitrogens is 2. The van der Waals surface area contributed by atoms with Gasteiger partial charge in [-0.3, -0.25) is 0 Å². The lowest BCUT2D eigenvalue weighted by Crippen LogP contribution is -2.14. The molecule has 0 radical (unpaired) electrons. The van der Waals surface area contributed by atoms with E-state index in [4.69, 9.17) is 14.4 Å². The lowest BCUT2D eigenvalue weighted by atomic mass is 9.81. The van der Waals surface area contributed by atoms with Gasteiger partial charge in [-0.25, -0.2) is 9.97 Å². The van der Waals surface area contributed by atoms with Crippen LogP contribution in [0.1, 0.15) is 25.0 Å². The molecule has 0 fully saturated rings. The highest BCUT2D eigenvalue weighted by molar-refractivity contribution is 6.13. The van der Waals surface area contributed by atoms with Gasteiger partial charge in [-0.15, -0.1) is 0 Å². The van der Waals surface area contributed by atoms with Crippen molar-refractivity contribution in [3.05, 3.63) is 217 Å². The zero-order valence-electron chi connectivity index (χ0n) is 34.4. The predicted octanol–water partition coefficient (Wildman–Crippen LogP) is 15.8. The monoisotopic (exact) mass is 792 g/mol. The van der Waals surface area contributed by atoms with Crippen molar-refractivity contribution in [2.24, 2.45) is 0 Å². The fourth-order valence-electron chi connectivity index (χ4n) is 9.74. The van der Waals surface area contributed by atoms with Gasteiger partial charge in [-0.05, 0) is 115 Å². The number of fused-ring (bicyclic) bond motifs is 7. The highest BCUT2D eigenvalue weighted by Crippen LogP contribution is 2.54. The second-order valence-corrected chi connectivity index (χ2v) is 16.9. The SMILES string of the molecule is CC1(C)c2cc3ccccc3cc2-c2c(-c3cc(-c4cc(-c5ccc(-c6ccccc6)cc5)nc(-c5ccccc5)n4)cc(-c4cccc5oc6ccccc6c45)c3)cccc21. The molecule has 9 aromatic carbocycles. The van der Waals surface area contributed by atoms with Gasteiger partial charge in [0.15, 0.2) is 5.82 Å². The van der Waals surface area contributed by atoms with Crippen molar-refractivity contribution in [3.8, 4) is 78.4 Å². The van der Waals surface area contributed by atoms with Crippen molar-refractivity contribution < 1.29 is 4.42 Å². The van der Waals surface area contributed by atoms with Crippen molar-refractivity contribution in [3.63, 3.8) is 0 Å².